The number of rotatable bonds is 4. The molecule has 0 radical (unpaired) electrons. The van der Waals surface area contributed by atoms with E-state index in [2.05, 4.69) is 11.6 Å². The number of H-pyrrole nitrogens is 1. The third-order valence-electron chi connectivity index (χ3n) is 5.55. The van der Waals surface area contributed by atoms with Gasteiger partial charge < -0.3 is 26.5 Å². The van der Waals surface area contributed by atoms with Gasteiger partial charge in [-0.25, -0.2) is 0 Å². The maximum Gasteiger partial charge on any atom is 0.209 e. The highest BCUT2D eigenvalue weighted by Gasteiger charge is 2.45. The minimum atomic E-state index is 0.146. The lowest BCUT2D eigenvalue weighted by atomic mass is 9.91. The van der Waals surface area contributed by atoms with E-state index >= 15 is 0 Å². The molecule has 28 heavy (non-hydrogen) atoms. The van der Waals surface area contributed by atoms with Gasteiger partial charge in [-0.05, 0) is 50.0 Å². The van der Waals surface area contributed by atoms with Crippen molar-refractivity contribution in [1.82, 2.24) is 9.88 Å². The average Bonchev–Trinajstić information content (AvgIpc) is 3.37. The standard InChI is InChI=1S/C19H22N4O2.C3H6/c20-16(14-3-1-2-4-18(14)25)6-11-7-17(22-19(11)21)15-8-13-5-12(15)9-23(13)10-24;1-3-2/h1-4,6-7,10,12-13,15,22,25H,5,8-9,20-21H2;3H,1H2,2H3/b16-6-;/t12-,13?,15?;/m0./s1. The zero-order valence-corrected chi connectivity index (χ0v) is 16.1. The fraction of sp³-hybridized carbons (Fsp3) is 0.318. The Morgan fingerprint density at radius 2 is 2.07 bits per heavy atom. The fourth-order valence-corrected chi connectivity index (χ4v) is 4.29. The topological polar surface area (TPSA) is 108 Å². The summed E-state index contributed by atoms with van der Waals surface area (Å²) in [5.74, 6) is 1.61. The number of nitrogen functional groups attached to an aromatic ring is 1. The number of hydrogen-bond acceptors (Lipinski definition) is 4. The summed E-state index contributed by atoms with van der Waals surface area (Å²) < 4.78 is 0. The van der Waals surface area contributed by atoms with Crippen LogP contribution in [0.1, 0.15) is 42.5 Å². The number of amides is 1. The van der Waals surface area contributed by atoms with Gasteiger partial charge in [0.2, 0.25) is 6.41 Å². The van der Waals surface area contributed by atoms with E-state index in [-0.39, 0.29) is 5.75 Å². The van der Waals surface area contributed by atoms with Crippen LogP contribution < -0.4 is 11.5 Å². The molecule has 2 unspecified atom stereocenters. The summed E-state index contributed by atoms with van der Waals surface area (Å²) in [6.45, 7) is 6.07. The SMILES string of the molecule is C=CC.N/C(=C\c1cc(C2CC3C[C@H]2CN3C=O)[nH]c1N)c1ccccc1O. The molecule has 2 heterocycles. The number of hydrogen-bond donors (Lipinski definition) is 4. The number of aromatic amines is 1. The number of aromatic nitrogens is 1. The molecule has 1 aromatic heterocycles. The van der Waals surface area contributed by atoms with E-state index in [0.717, 1.165) is 37.1 Å². The molecular weight excluding hydrogens is 352 g/mol. The van der Waals surface area contributed by atoms with Crippen molar-refractivity contribution in [3.8, 4) is 5.75 Å². The first-order valence-electron chi connectivity index (χ1n) is 9.50. The summed E-state index contributed by atoms with van der Waals surface area (Å²) in [5.41, 5.74) is 15.3. The smallest absolute Gasteiger partial charge is 0.209 e. The normalized spacial score (nSPS) is 23.2. The van der Waals surface area contributed by atoms with Crippen molar-refractivity contribution in [2.75, 3.05) is 12.3 Å². The van der Waals surface area contributed by atoms with Crippen molar-refractivity contribution >= 4 is 24.0 Å². The quantitative estimate of drug-likeness (QED) is 0.482. The van der Waals surface area contributed by atoms with Gasteiger partial charge in [0.15, 0.2) is 0 Å². The van der Waals surface area contributed by atoms with Gasteiger partial charge in [0.05, 0.1) is 0 Å². The van der Waals surface area contributed by atoms with Gasteiger partial charge in [0, 0.05) is 41.0 Å². The van der Waals surface area contributed by atoms with E-state index < -0.39 is 0 Å². The monoisotopic (exact) mass is 380 g/mol. The molecule has 1 amide bonds. The van der Waals surface area contributed by atoms with Crippen LogP contribution in [0.25, 0.3) is 11.8 Å². The predicted molar refractivity (Wildman–Crippen MR) is 113 cm³/mol. The lowest BCUT2D eigenvalue weighted by Gasteiger charge is -2.28. The van der Waals surface area contributed by atoms with E-state index in [1.54, 1.807) is 30.4 Å². The third kappa shape index (κ3) is 3.76. The van der Waals surface area contributed by atoms with E-state index in [4.69, 9.17) is 11.5 Å². The largest absolute Gasteiger partial charge is 0.507 e. The Balaban J connectivity index is 0.000000706. The van der Waals surface area contributed by atoms with Crippen molar-refractivity contribution < 1.29 is 9.90 Å². The van der Waals surface area contributed by atoms with Gasteiger partial charge in [-0.2, -0.15) is 0 Å². The van der Waals surface area contributed by atoms with Crippen molar-refractivity contribution in [2.24, 2.45) is 11.7 Å². The Morgan fingerprint density at radius 3 is 2.68 bits per heavy atom. The third-order valence-corrected chi connectivity index (χ3v) is 5.55. The summed E-state index contributed by atoms with van der Waals surface area (Å²) in [6, 6.07) is 9.36. The summed E-state index contributed by atoms with van der Waals surface area (Å²) in [5, 5.41) is 9.93. The molecule has 6 nitrogen and oxygen atoms in total. The first-order chi connectivity index (χ1) is 13.5. The van der Waals surface area contributed by atoms with Gasteiger partial charge in [-0.15, -0.1) is 6.58 Å². The average molecular weight is 380 g/mol. The van der Waals surface area contributed by atoms with E-state index in [1.165, 1.54) is 0 Å². The highest BCUT2D eigenvalue weighted by molar-refractivity contribution is 5.84. The van der Waals surface area contributed by atoms with Crippen LogP contribution in [-0.4, -0.2) is 34.0 Å². The molecule has 6 heteroatoms. The molecule has 1 aliphatic heterocycles. The molecule has 2 aromatic rings. The fourth-order valence-electron chi connectivity index (χ4n) is 4.29. The zero-order valence-electron chi connectivity index (χ0n) is 16.1. The molecule has 3 atom stereocenters. The number of carbonyl (C=O) groups is 1. The van der Waals surface area contributed by atoms with Crippen LogP contribution in [0.15, 0.2) is 43.0 Å². The van der Waals surface area contributed by atoms with Gasteiger partial charge in [-0.1, -0.05) is 18.2 Å². The van der Waals surface area contributed by atoms with Crippen LogP contribution in [0.5, 0.6) is 5.75 Å². The molecule has 2 bridgehead atoms. The second kappa shape index (κ2) is 8.25. The molecule has 2 aliphatic rings. The number of fused-ring (bicyclic) bond motifs is 2. The van der Waals surface area contributed by atoms with Crippen LogP contribution >= 0.6 is 0 Å². The number of nitrogens with one attached hydrogen (secondary N) is 1. The maximum absolute atomic E-state index is 11.0. The van der Waals surface area contributed by atoms with Gasteiger partial charge >= 0.3 is 0 Å². The molecule has 1 aromatic carbocycles. The first kappa shape index (κ1) is 19.6. The lowest BCUT2D eigenvalue weighted by molar-refractivity contribution is -0.119. The number of nitrogens with two attached hydrogens (primary N) is 2. The van der Waals surface area contributed by atoms with Crippen molar-refractivity contribution in [2.45, 2.75) is 31.7 Å². The van der Waals surface area contributed by atoms with Crippen LogP contribution in [0.3, 0.4) is 0 Å². The van der Waals surface area contributed by atoms with E-state index in [9.17, 15) is 9.90 Å². The van der Waals surface area contributed by atoms with Crippen LogP contribution in [0, 0.1) is 5.92 Å². The molecule has 6 N–H and O–H groups in total. The Labute approximate surface area is 165 Å². The summed E-state index contributed by atoms with van der Waals surface area (Å²) in [6.07, 6.45) is 6.54. The predicted octanol–water partition coefficient (Wildman–Crippen LogP) is 3.29. The van der Waals surface area contributed by atoms with Gasteiger partial charge in [0.1, 0.15) is 11.6 Å². The van der Waals surface area contributed by atoms with Crippen molar-refractivity contribution in [1.29, 1.82) is 0 Å². The van der Waals surface area contributed by atoms with E-state index in [0.29, 0.717) is 35.0 Å². The minimum absolute atomic E-state index is 0.146. The molecule has 1 aliphatic carbocycles. The molecular formula is C22H28N4O2. The number of aromatic hydroxyl groups is 1. The number of nitrogens with zero attached hydrogens (tertiary/aromatic N) is 1. The van der Waals surface area contributed by atoms with Crippen LogP contribution in [0.4, 0.5) is 5.82 Å². The molecule has 2 fully saturated rings. The van der Waals surface area contributed by atoms with Crippen LogP contribution in [-0.2, 0) is 4.79 Å². The van der Waals surface area contributed by atoms with Crippen molar-refractivity contribution in [3.05, 3.63) is 59.8 Å². The molecule has 1 saturated heterocycles. The number of phenolic OH excluding ortho intramolecular Hbond substituents is 1. The zero-order chi connectivity index (χ0) is 20.3. The first-order valence-corrected chi connectivity index (χ1v) is 9.50. The summed E-state index contributed by atoms with van der Waals surface area (Å²) in [4.78, 5) is 16.2. The minimum Gasteiger partial charge on any atom is -0.507 e. The number of allylic oxidation sites excluding steroid dienone is 1. The second-order valence-corrected chi connectivity index (χ2v) is 7.41. The molecule has 1 saturated carbocycles. The van der Waals surface area contributed by atoms with Crippen molar-refractivity contribution in [3.63, 3.8) is 0 Å². The van der Waals surface area contributed by atoms with Gasteiger partial charge in [-0.3, -0.25) is 4.79 Å². The Kier molecular flexibility index (Phi) is 5.78. The number of para-hydroxylation sites is 1. The van der Waals surface area contributed by atoms with Gasteiger partial charge in [0.25, 0.3) is 0 Å². The highest BCUT2D eigenvalue weighted by atomic mass is 16.3. The number of benzene rings is 1. The van der Waals surface area contributed by atoms with E-state index in [1.807, 2.05) is 24.0 Å². The Bertz CT molecular complexity index is 886. The summed E-state index contributed by atoms with van der Waals surface area (Å²) in [7, 11) is 0. The molecule has 4 rings (SSSR count). The number of phenols is 1. The Hall–Kier alpha value is -3.15. The molecule has 0 spiro atoms. The maximum atomic E-state index is 11.0. The number of anilines is 1. The number of piperidine rings is 1. The lowest BCUT2D eigenvalue weighted by Crippen LogP contribution is -2.33. The highest BCUT2D eigenvalue weighted by Crippen LogP contribution is 2.47. The number of likely N-dealkylation sites (tertiary alicyclic amines) is 1. The number of carbonyl (C=O) groups excluding carboxylic acids is 1. The second-order valence-electron chi connectivity index (χ2n) is 7.41. The van der Waals surface area contributed by atoms with Crippen LogP contribution in [0.2, 0.25) is 0 Å². The molecule has 148 valence electrons. The summed E-state index contributed by atoms with van der Waals surface area (Å²) >= 11 is 0. The Morgan fingerprint density at radius 1 is 1.36 bits per heavy atom.